The Bertz CT molecular complexity index is 540. The molecule has 0 radical (unpaired) electrons. The van der Waals surface area contributed by atoms with E-state index >= 15 is 0 Å². The number of aryl methyl sites for hydroxylation is 1. The van der Waals surface area contributed by atoms with Crippen LogP contribution in [0.1, 0.15) is 5.56 Å². The zero-order chi connectivity index (χ0) is 12.5. The second kappa shape index (κ2) is 4.26. The molecule has 88 valence electrons. The van der Waals surface area contributed by atoms with Gasteiger partial charge in [0.05, 0.1) is 12.0 Å². The van der Waals surface area contributed by atoms with Crippen LogP contribution in [0.25, 0.3) is 0 Å². The van der Waals surface area contributed by atoms with E-state index in [1.165, 1.54) is 20.1 Å². The highest BCUT2D eigenvalue weighted by Crippen LogP contribution is 2.33. The highest BCUT2D eigenvalue weighted by Gasteiger charge is 2.23. The van der Waals surface area contributed by atoms with Crippen molar-refractivity contribution in [1.82, 2.24) is 0 Å². The number of rotatable bonds is 3. The van der Waals surface area contributed by atoms with E-state index in [-0.39, 0.29) is 11.4 Å². The van der Waals surface area contributed by atoms with Crippen molar-refractivity contribution in [3.8, 4) is 5.75 Å². The Morgan fingerprint density at radius 2 is 2.00 bits per heavy atom. The number of nitro groups is 1. The average Bonchev–Trinajstić information content (AvgIpc) is 2.14. The average molecular weight is 266 g/mol. The summed E-state index contributed by atoms with van der Waals surface area (Å²) in [5.74, 6) is 0.0144. The van der Waals surface area contributed by atoms with Crippen LogP contribution >= 0.6 is 10.7 Å². The number of hydrogen-bond donors (Lipinski definition) is 0. The number of nitrogens with zero attached hydrogens (tertiary/aromatic N) is 1. The van der Waals surface area contributed by atoms with Crippen molar-refractivity contribution < 1.29 is 18.1 Å². The third-order valence-corrected chi connectivity index (χ3v) is 3.23. The molecule has 0 fully saturated rings. The molecule has 0 heterocycles. The van der Waals surface area contributed by atoms with Crippen molar-refractivity contribution in [3.05, 3.63) is 27.8 Å². The number of hydrogen-bond acceptors (Lipinski definition) is 5. The maximum atomic E-state index is 11.2. The van der Waals surface area contributed by atoms with Crippen molar-refractivity contribution in [3.63, 3.8) is 0 Å². The first kappa shape index (κ1) is 12.7. The first-order valence-corrected chi connectivity index (χ1v) is 6.36. The van der Waals surface area contributed by atoms with E-state index in [4.69, 9.17) is 15.4 Å². The molecule has 0 aliphatic heterocycles. The third-order valence-electron chi connectivity index (χ3n) is 1.90. The van der Waals surface area contributed by atoms with Gasteiger partial charge in [-0.05, 0) is 12.5 Å². The number of methoxy groups -OCH3 is 1. The van der Waals surface area contributed by atoms with Crippen LogP contribution in [0.2, 0.25) is 0 Å². The largest absolute Gasteiger partial charge is 0.495 e. The maximum Gasteiger partial charge on any atom is 0.271 e. The fourth-order valence-electron chi connectivity index (χ4n) is 1.27. The summed E-state index contributed by atoms with van der Waals surface area (Å²) in [5, 5.41) is 10.6. The number of ether oxygens (including phenoxy) is 1. The lowest BCUT2D eigenvalue weighted by molar-refractivity contribution is -0.385. The summed E-state index contributed by atoms with van der Waals surface area (Å²) < 4.78 is 27.3. The van der Waals surface area contributed by atoms with E-state index in [0.29, 0.717) is 5.56 Å². The Kier molecular flexibility index (Phi) is 3.39. The van der Waals surface area contributed by atoms with Crippen LogP contribution in [0.5, 0.6) is 5.75 Å². The van der Waals surface area contributed by atoms with E-state index in [1.54, 1.807) is 0 Å². The fraction of sp³-hybridized carbons (Fsp3) is 0.250. The zero-order valence-electron chi connectivity index (χ0n) is 8.43. The van der Waals surface area contributed by atoms with Crippen LogP contribution in [0.15, 0.2) is 17.0 Å². The Hall–Kier alpha value is -1.34. The van der Waals surface area contributed by atoms with Crippen LogP contribution in [0.4, 0.5) is 5.69 Å². The lowest BCUT2D eigenvalue weighted by Gasteiger charge is -2.08. The van der Waals surface area contributed by atoms with Gasteiger partial charge >= 0.3 is 0 Å². The molecular weight excluding hydrogens is 258 g/mol. The number of nitro benzene ring substituents is 1. The molecule has 0 aliphatic carbocycles. The number of non-ortho nitro benzene ring substituents is 1. The molecule has 1 aromatic carbocycles. The predicted octanol–water partition coefficient (Wildman–Crippen LogP) is 1.84. The molecule has 0 N–H and O–H groups in total. The molecule has 0 atom stereocenters. The van der Waals surface area contributed by atoms with Gasteiger partial charge in [0.2, 0.25) is 0 Å². The van der Waals surface area contributed by atoms with Gasteiger partial charge in [-0.15, -0.1) is 0 Å². The molecule has 1 aromatic rings. The van der Waals surface area contributed by atoms with Crippen molar-refractivity contribution in [1.29, 1.82) is 0 Å². The molecule has 0 aliphatic rings. The Morgan fingerprint density at radius 3 is 2.38 bits per heavy atom. The van der Waals surface area contributed by atoms with Gasteiger partial charge in [-0.1, -0.05) is 0 Å². The molecule has 0 spiro atoms. The van der Waals surface area contributed by atoms with Crippen molar-refractivity contribution >= 4 is 25.4 Å². The molecule has 16 heavy (non-hydrogen) atoms. The van der Waals surface area contributed by atoms with Crippen LogP contribution in [0, 0.1) is 17.0 Å². The van der Waals surface area contributed by atoms with Gasteiger partial charge in [0.25, 0.3) is 14.7 Å². The van der Waals surface area contributed by atoms with Crippen molar-refractivity contribution in [2.45, 2.75) is 11.8 Å². The number of halogens is 1. The maximum absolute atomic E-state index is 11.2. The minimum Gasteiger partial charge on any atom is -0.495 e. The van der Waals surface area contributed by atoms with E-state index < -0.39 is 18.9 Å². The van der Waals surface area contributed by atoms with Gasteiger partial charge in [0.15, 0.2) is 0 Å². The molecule has 0 aromatic heterocycles. The lowest BCUT2D eigenvalue weighted by atomic mass is 10.2. The molecule has 0 amide bonds. The Labute approximate surface area is 96.4 Å². The first-order chi connectivity index (χ1) is 7.27. The minimum atomic E-state index is -4.08. The highest BCUT2D eigenvalue weighted by molar-refractivity contribution is 8.13. The molecule has 0 unspecified atom stereocenters. The van der Waals surface area contributed by atoms with Crippen LogP contribution in [-0.4, -0.2) is 20.5 Å². The smallest absolute Gasteiger partial charge is 0.271 e. The van der Waals surface area contributed by atoms with Crippen molar-refractivity contribution in [2.75, 3.05) is 7.11 Å². The van der Waals surface area contributed by atoms with Gasteiger partial charge in [-0.3, -0.25) is 10.1 Å². The topological polar surface area (TPSA) is 86.5 Å². The van der Waals surface area contributed by atoms with Gasteiger partial charge in [0, 0.05) is 22.8 Å². The summed E-state index contributed by atoms with van der Waals surface area (Å²) in [7, 11) is 2.34. The summed E-state index contributed by atoms with van der Waals surface area (Å²) in [6.45, 7) is 1.50. The lowest BCUT2D eigenvalue weighted by Crippen LogP contribution is -2.00. The molecule has 0 bridgehead atoms. The van der Waals surface area contributed by atoms with Crippen LogP contribution < -0.4 is 4.74 Å². The molecule has 1 rings (SSSR count). The Morgan fingerprint density at radius 1 is 1.44 bits per heavy atom. The van der Waals surface area contributed by atoms with Gasteiger partial charge in [0.1, 0.15) is 10.6 Å². The first-order valence-electron chi connectivity index (χ1n) is 4.05. The van der Waals surface area contributed by atoms with Gasteiger partial charge < -0.3 is 4.74 Å². The normalized spacial score (nSPS) is 11.2. The van der Waals surface area contributed by atoms with Gasteiger partial charge in [-0.2, -0.15) is 0 Å². The summed E-state index contributed by atoms with van der Waals surface area (Å²) >= 11 is 0. The molecule has 6 nitrogen and oxygen atoms in total. The molecule has 0 saturated carbocycles. The SMILES string of the molecule is COc1c(C)cc([N+](=O)[O-])cc1S(=O)(=O)Cl. The zero-order valence-corrected chi connectivity index (χ0v) is 10.0. The van der Waals surface area contributed by atoms with E-state index in [9.17, 15) is 18.5 Å². The summed E-state index contributed by atoms with van der Waals surface area (Å²) in [4.78, 5) is 9.46. The summed E-state index contributed by atoms with van der Waals surface area (Å²) in [5.41, 5.74) is -0.0200. The third kappa shape index (κ3) is 2.42. The predicted molar refractivity (Wildman–Crippen MR) is 57.4 cm³/mol. The molecule has 0 saturated heterocycles. The van der Waals surface area contributed by atoms with Crippen molar-refractivity contribution in [2.24, 2.45) is 0 Å². The quantitative estimate of drug-likeness (QED) is 0.473. The Balaban J connectivity index is 3.62. The monoisotopic (exact) mass is 265 g/mol. The van der Waals surface area contributed by atoms with E-state index in [1.807, 2.05) is 0 Å². The molecular formula is C8H8ClNO5S. The second-order valence-electron chi connectivity index (χ2n) is 2.99. The minimum absolute atomic E-state index is 0.0144. The molecule has 8 heteroatoms. The standard InChI is InChI=1S/C8H8ClNO5S/c1-5-3-6(10(11)12)4-7(8(5)15-2)16(9,13)14/h3-4H,1-2H3. The van der Waals surface area contributed by atoms with Gasteiger partial charge in [-0.25, -0.2) is 8.42 Å². The second-order valence-corrected chi connectivity index (χ2v) is 5.52. The van der Waals surface area contributed by atoms with Crippen LogP contribution in [0.3, 0.4) is 0 Å². The summed E-state index contributed by atoms with van der Waals surface area (Å²) in [6.07, 6.45) is 0. The van der Waals surface area contributed by atoms with Crippen LogP contribution in [-0.2, 0) is 9.05 Å². The fourth-order valence-corrected chi connectivity index (χ4v) is 2.34. The highest BCUT2D eigenvalue weighted by atomic mass is 35.7. The summed E-state index contributed by atoms with van der Waals surface area (Å²) in [6, 6.07) is 2.08. The van der Waals surface area contributed by atoms with E-state index in [2.05, 4.69) is 0 Å². The number of benzene rings is 1. The van der Waals surface area contributed by atoms with E-state index in [0.717, 1.165) is 6.07 Å².